The molecule has 1 atom stereocenters. The molecule has 28 heavy (non-hydrogen) atoms. The highest BCUT2D eigenvalue weighted by molar-refractivity contribution is 5.85. The fourth-order valence-corrected chi connectivity index (χ4v) is 4.54. The number of carbonyl (C=O) groups is 2. The topological polar surface area (TPSA) is 99.2 Å². The van der Waals surface area contributed by atoms with Gasteiger partial charge in [-0.15, -0.1) is 24.8 Å². The van der Waals surface area contributed by atoms with Gasteiger partial charge in [0.05, 0.1) is 13.0 Å². The van der Waals surface area contributed by atoms with Crippen LogP contribution in [0.2, 0.25) is 0 Å². The lowest BCUT2D eigenvalue weighted by Gasteiger charge is -2.32. The van der Waals surface area contributed by atoms with Gasteiger partial charge in [0, 0.05) is 30.8 Å². The quantitative estimate of drug-likeness (QED) is 0.668. The first-order valence-corrected chi connectivity index (χ1v) is 9.69. The second kappa shape index (κ2) is 11.6. The molecule has 160 valence electrons. The number of imidazole rings is 1. The SMILES string of the molecule is COC(=O)C1CCC(C(Cc2nccn2C2CCNCC2)C(N)=O)CC1.Cl.Cl. The molecular weight excluding hydrogens is 403 g/mol. The van der Waals surface area contributed by atoms with Crippen LogP contribution in [0.4, 0.5) is 0 Å². The number of piperidine rings is 1. The van der Waals surface area contributed by atoms with E-state index in [0.717, 1.165) is 57.4 Å². The summed E-state index contributed by atoms with van der Waals surface area (Å²) >= 11 is 0. The number of hydrogen-bond acceptors (Lipinski definition) is 5. The predicted octanol–water partition coefficient (Wildman–Crippen LogP) is 2.27. The van der Waals surface area contributed by atoms with Gasteiger partial charge in [-0.3, -0.25) is 9.59 Å². The summed E-state index contributed by atoms with van der Waals surface area (Å²) in [6.07, 6.45) is 9.79. The number of primary amides is 1. The third kappa shape index (κ3) is 5.84. The standard InChI is InChI=1S/C19H30N4O3.2ClH/c1-26-19(25)14-4-2-13(3-5-14)16(18(20)24)12-17-22-10-11-23(17)15-6-8-21-9-7-15;;/h10-11,13-16,21H,2-9,12H2,1H3,(H2,20,24);2*1H. The molecule has 0 bridgehead atoms. The third-order valence-corrected chi connectivity index (χ3v) is 6.09. The lowest BCUT2D eigenvalue weighted by atomic mass is 9.74. The van der Waals surface area contributed by atoms with Crippen LogP contribution in [-0.2, 0) is 20.7 Å². The predicted molar refractivity (Wildman–Crippen MR) is 112 cm³/mol. The van der Waals surface area contributed by atoms with E-state index >= 15 is 0 Å². The van der Waals surface area contributed by atoms with Crippen molar-refractivity contribution in [2.45, 2.75) is 51.0 Å². The van der Waals surface area contributed by atoms with E-state index in [1.165, 1.54) is 7.11 Å². The van der Waals surface area contributed by atoms with Crippen LogP contribution in [0.1, 0.15) is 50.4 Å². The lowest BCUT2D eigenvalue weighted by Crippen LogP contribution is -2.36. The fourth-order valence-electron chi connectivity index (χ4n) is 4.54. The van der Waals surface area contributed by atoms with Crippen LogP contribution >= 0.6 is 24.8 Å². The molecule has 1 aliphatic heterocycles. The molecule has 3 N–H and O–H groups in total. The molecule has 0 radical (unpaired) electrons. The number of halogens is 2. The zero-order chi connectivity index (χ0) is 18.5. The van der Waals surface area contributed by atoms with E-state index < -0.39 is 0 Å². The van der Waals surface area contributed by atoms with Gasteiger partial charge in [-0.05, 0) is 57.5 Å². The fraction of sp³-hybridized carbons (Fsp3) is 0.737. The normalized spacial score (nSPS) is 23.8. The molecule has 3 rings (SSSR count). The van der Waals surface area contributed by atoms with E-state index in [-0.39, 0.29) is 54.4 Å². The van der Waals surface area contributed by atoms with Crippen molar-refractivity contribution in [1.82, 2.24) is 14.9 Å². The first-order chi connectivity index (χ1) is 12.6. The van der Waals surface area contributed by atoms with E-state index in [2.05, 4.69) is 14.9 Å². The largest absolute Gasteiger partial charge is 0.469 e. The lowest BCUT2D eigenvalue weighted by molar-refractivity contribution is -0.147. The van der Waals surface area contributed by atoms with Crippen LogP contribution in [-0.4, -0.2) is 41.6 Å². The van der Waals surface area contributed by atoms with Crippen LogP contribution in [0.5, 0.6) is 0 Å². The van der Waals surface area contributed by atoms with Crippen LogP contribution in [0.3, 0.4) is 0 Å². The summed E-state index contributed by atoms with van der Waals surface area (Å²) in [7, 11) is 1.43. The van der Waals surface area contributed by atoms with E-state index in [9.17, 15) is 9.59 Å². The van der Waals surface area contributed by atoms with Gasteiger partial charge in [0.1, 0.15) is 5.82 Å². The van der Waals surface area contributed by atoms with Gasteiger partial charge in [0.2, 0.25) is 5.91 Å². The molecule has 1 aromatic rings. The van der Waals surface area contributed by atoms with E-state index in [1.807, 2.05) is 12.4 Å². The number of hydrogen-bond donors (Lipinski definition) is 2. The number of rotatable bonds is 6. The zero-order valence-electron chi connectivity index (χ0n) is 16.3. The van der Waals surface area contributed by atoms with Crippen molar-refractivity contribution in [3.8, 4) is 0 Å². The summed E-state index contributed by atoms with van der Waals surface area (Å²) in [6, 6.07) is 0.442. The number of methoxy groups -OCH3 is 1. The molecule has 1 saturated carbocycles. The van der Waals surface area contributed by atoms with Gasteiger partial charge in [-0.2, -0.15) is 0 Å². The molecule has 1 amide bonds. The Morgan fingerprint density at radius 1 is 1.21 bits per heavy atom. The number of nitrogens with zero attached hydrogens (tertiary/aromatic N) is 2. The summed E-state index contributed by atoms with van der Waals surface area (Å²) in [4.78, 5) is 28.4. The maximum absolute atomic E-state index is 12.2. The minimum Gasteiger partial charge on any atom is -0.469 e. The highest BCUT2D eigenvalue weighted by atomic mass is 35.5. The van der Waals surface area contributed by atoms with Crippen LogP contribution in [0, 0.1) is 17.8 Å². The second-order valence-electron chi connectivity index (χ2n) is 7.58. The van der Waals surface area contributed by atoms with E-state index in [4.69, 9.17) is 10.5 Å². The van der Waals surface area contributed by atoms with E-state index in [1.54, 1.807) is 0 Å². The van der Waals surface area contributed by atoms with Crippen molar-refractivity contribution in [2.24, 2.45) is 23.5 Å². The van der Waals surface area contributed by atoms with Crippen molar-refractivity contribution in [2.75, 3.05) is 20.2 Å². The van der Waals surface area contributed by atoms with Crippen molar-refractivity contribution in [3.05, 3.63) is 18.2 Å². The van der Waals surface area contributed by atoms with Gasteiger partial charge in [-0.25, -0.2) is 4.98 Å². The molecule has 9 heteroatoms. The van der Waals surface area contributed by atoms with Crippen molar-refractivity contribution in [1.29, 1.82) is 0 Å². The average Bonchev–Trinajstić information content (AvgIpc) is 3.14. The highest BCUT2D eigenvalue weighted by Crippen LogP contribution is 2.35. The summed E-state index contributed by atoms with van der Waals surface area (Å²) in [5.41, 5.74) is 5.76. The first-order valence-electron chi connectivity index (χ1n) is 9.69. The number of nitrogens with one attached hydrogen (secondary N) is 1. The Hall–Kier alpha value is -1.31. The van der Waals surface area contributed by atoms with E-state index in [0.29, 0.717) is 12.5 Å². The number of carbonyl (C=O) groups excluding carboxylic acids is 2. The number of esters is 1. The van der Waals surface area contributed by atoms with Crippen LogP contribution in [0.25, 0.3) is 0 Å². The number of ether oxygens (including phenoxy) is 1. The molecule has 2 heterocycles. The average molecular weight is 435 g/mol. The Morgan fingerprint density at radius 2 is 1.86 bits per heavy atom. The highest BCUT2D eigenvalue weighted by Gasteiger charge is 2.34. The zero-order valence-corrected chi connectivity index (χ0v) is 18.0. The minimum absolute atomic E-state index is 0. The third-order valence-electron chi connectivity index (χ3n) is 6.09. The molecule has 0 aromatic carbocycles. The number of nitrogens with two attached hydrogens (primary N) is 1. The maximum Gasteiger partial charge on any atom is 0.308 e. The van der Waals surface area contributed by atoms with Gasteiger partial charge >= 0.3 is 5.97 Å². The molecule has 2 fully saturated rings. The summed E-state index contributed by atoms with van der Waals surface area (Å²) in [6.45, 7) is 2.03. The first kappa shape index (κ1) is 24.7. The summed E-state index contributed by atoms with van der Waals surface area (Å²) < 4.78 is 7.08. The Kier molecular flexibility index (Phi) is 10.3. The van der Waals surface area contributed by atoms with Crippen LogP contribution in [0.15, 0.2) is 12.4 Å². The van der Waals surface area contributed by atoms with Crippen molar-refractivity contribution >= 4 is 36.7 Å². The molecule has 1 saturated heterocycles. The Labute approximate surface area is 179 Å². The molecule has 0 spiro atoms. The van der Waals surface area contributed by atoms with Crippen molar-refractivity contribution < 1.29 is 14.3 Å². The summed E-state index contributed by atoms with van der Waals surface area (Å²) in [5, 5.41) is 3.38. The molecule has 7 nitrogen and oxygen atoms in total. The second-order valence-corrected chi connectivity index (χ2v) is 7.58. The van der Waals surface area contributed by atoms with Gasteiger partial charge in [0.25, 0.3) is 0 Å². The van der Waals surface area contributed by atoms with Gasteiger partial charge in [0.15, 0.2) is 0 Å². The number of amides is 1. The molecule has 1 unspecified atom stereocenters. The Bertz CT molecular complexity index is 626. The van der Waals surface area contributed by atoms with Crippen molar-refractivity contribution in [3.63, 3.8) is 0 Å². The number of aromatic nitrogens is 2. The molecule has 1 aliphatic carbocycles. The molecule has 1 aromatic heterocycles. The maximum atomic E-state index is 12.2. The summed E-state index contributed by atoms with van der Waals surface area (Å²) in [5.74, 6) is 0.507. The smallest absolute Gasteiger partial charge is 0.308 e. The Morgan fingerprint density at radius 3 is 2.43 bits per heavy atom. The monoisotopic (exact) mass is 434 g/mol. The Balaban J connectivity index is 0.00000196. The van der Waals surface area contributed by atoms with Crippen LogP contribution < -0.4 is 11.1 Å². The molecule has 2 aliphatic rings. The van der Waals surface area contributed by atoms with Gasteiger partial charge < -0.3 is 20.4 Å². The minimum atomic E-state index is -0.258. The van der Waals surface area contributed by atoms with Gasteiger partial charge in [-0.1, -0.05) is 0 Å². The molecular formula is C19H32Cl2N4O3.